The summed E-state index contributed by atoms with van der Waals surface area (Å²) in [6, 6.07) is 3.69. The Bertz CT molecular complexity index is 866. The Morgan fingerprint density at radius 2 is 2.33 bits per heavy atom. The van der Waals surface area contributed by atoms with Gasteiger partial charge in [-0.1, -0.05) is 5.16 Å². The summed E-state index contributed by atoms with van der Waals surface area (Å²) in [5.74, 6) is 1.36. The van der Waals surface area contributed by atoms with E-state index in [2.05, 4.69) is 25.5 Å². The molecule has 0 unspecified atom stereocenters. The number of aromatic nitrogens is 5. The van der Waals surface area contributed by atoms with Crippen LogP contribution in [0, 0.1) is 6.92 Å². The molecule has 1 amide bonds. The second-order valence-electron chi connectivity index (χ2n) is 5.79. The third-order valence-corrected chi connectivity index (χ3v) is 3.88. The van der Waals surface area contributed by atoms with Gasteiger partial charge in [0.25, 0.3) is 5.91 Å². The summed E-state index contributed by atoms with van der Waals surface area (Å²) >= 11 is 0. The number of hydrogen-bond donors (Lipinski definition) is 1. The topological polar surface area (TPSA) is 98.7 Å². The minimum atomic E-state index is -0.228. The van der Waals surface area contributed by atoms with E-state index in [1.165, 1.54) is 0 Å². The highest BCUT2D eigenvalue weighted by Gasteiger charge is 2.28. The molecule has 24 heavy (non-hydrogen) atoms. The fourth-order valence-electron chi connectivity index (χ4n) is 2.40. The van der Waals surface area contributed by atoms with Crippen LogP contribution >= 0.6 is 0 Å². The highest BCUT2D eigenvalue weighted by Crippen LogP contribution is 2.38. The van der Waals surface area contributed by atoms with Gasteiger partial charge in [-0.3, -0.25) is 9.78 Å². The van der Waals surface area contributed by atoms with Crippen LogP contribution in [0.2, 0.25) is 0 Å². The highest BCUT2D eigenvalue weighted by atomic mass is 16.5. The largest absolute Gasteiger partial charge is 0.343 e. The molecule has 8 nitrogen and oxygen atoms in total. The maximum absolute atomic E-state index is 12.4. The standard InChI is InChI=1S/C16H16N6O2/c1-10-13(9-22(20-10)12-3-2-6-17-7-12)16(23)18-8-14-19-15(21-24-14)11-4-5-11/h2-3,6-7,9,11H,4-5,8H2,1H3,(H,18,23). The molecule has 8 heteroatoms. The van der Waals surface area contributed by atoms with Crippen molar-refractivity contribution < 1.29 is 9.32 Å². The first-order valence-corrected chi connectivity index (χ1v) is 7.78. The lowest BCUT2D eigenvalue weighted by molar-refractivity contribution is 0.0945. The minimum absolute atomic E-state index is 0.204. The molecular formula is C16H16N6O2. The molecule has 1 fully saturated rings. The summed E-state index contributed by atoms with van der Waals surface area (Å²) < 4.78 is 6.79. The Morgan fingerprint density at radius 1 is 1.46 bits per heavy atom. The van der Waals surface area contributed by atoms with Crippen molar-refractivity contribution in [1.82, 2.24) is 30.2 Å². The van der Waals surface area contributed by atoms with Crippen molar-refractivity contribution in [1.29, 1.82) is 0 Å². The Balaban J connectivity index is 1.45. The Morgan fingerprint density at radius 3 is 3.08 bits per heavy atom. The van der Waals surface area contributed by atoms with Crippen molar-refractivity contribution in [3.8, 4) is 5.69 Å². The number of amides is 1. The van der Waals surface area contributed by atoms with Crippen molar-refractivity contribution in [2.45, 2.75) is 32.2 Å². The third-order valence-electron chi connectivity index (χ3n) is 3.88. The summed E-state index contributed by atoms with van der Waals surface area (Å²) in [6.45, 7) is 2.00. The Labute approximate surface area is 137 Å². The number of nitrogens with one attached hydrogen (secondary N) is 1. The molecular weight excluding hydrogens is 308 g/mol. The zero-order chi connectivity index (χ0) is 16.5. The normalized spacial score (nSPS) is 13.9. The fourth-order valence-corrected chi connectivity index (χ4v) is 2.40. The summed E-state index contributed by atoms with van der Waals surface area (Å²) in [5, 5.41) is 11.1. The monoisotopic (exact) mass is 324 g/mol. The molecule has 1 aliphatic rings. The van der Waals surface area contributed by atoms with Gasteiger partial charge in [0, 0.05) is 18.3 Å². The van der Waals surface area contributed by atoms with E-state index in [-0.39, 0.29) is 12.5 Å². The predicted molar refractivity (Wildman–Crippen MR) is 83.5 cm³/mol. The minimum Gasteiger partial charge on any atom is -0.343 e. The lowest BCUT2D eigenvalue weighted by atomic mass is 10.2. The fraction of sp³-hybridized carbons (Fsp3) is 0.312. The van der Waals surface area contributed by atoms with Gasteiger partial charge in [-0.15, -0.1) is 0 Å². The van der Waals surface area contributed by atoms with Crippen LogP contribution in [0.3, 0.4) is 0 Å². The van der Waals surface area contributed by atoms with Crippen molar-refractivity contribution in [2.75, 3.05) is 0 Å². The van der Waals surface area contributed by atoms with Crippen LogP contribution < -0.4 is 5.32 Å². The van der Waals surface area contributed by atoms with Gasteiger partial charge in [0.05, 0.1) is 29.7 Å². The maximum atomic E-state index is 12.4. The van der Waals surface area contributed by atoms with Gasteiger partial charge in [0.1, 0.15) is 0 Å². The molecule has 4 rings (SSSR count). The molecule has 3 heterocycles. The summed E-state index contributed by atoms with van der Waals surface area (Å²) in [6.07, 6.45) is 7.28. The van der Waals surface area contributed by atoms with Crippen LogP contribution in [0.1, 0.15) is 46.5 Å². The average molecular weight is 324 g/mol. The molecule has 1 saturated carbocycles. The summed E-state index contributed by atoms with van der Waals surface area (Å²) in [4.78, 5) is 20.7. The van der Waals surface area contributed by atoms with Crippen molar-refractivity contribution in [3.63, 3.8) is 0 Å². The lowest BCUT2D eigenvalue weighted by Gasteiger charge is -2.00. The van der Waals surface area contributed by atoms with Crippen LogP contribution in [0.5, 0.6) is 0 Å². The van der Waals surface area contributed by atoms with E-state index in [9.17, 15) is 4.79 Å². The van der Waals surface area contributed by atoms with Gasteiger partial charge < -0.3 is 9.84 Å². The first kappa shape index (κ1) is 14.6. The van der Waals surface area contributed by atoms with Crippen LogP contribution in [-0.2, 0) is 6.54 Å². The number of rotatable bonds is 5. The smallest absolute Gasteiger partial charge is 0.255 e. The van der Waals surface area contributed by atoms with Crippen molar-refractivity contribution in [3.05, 3.63) is 53.7 Å². The summed E-state index contributed by atoms with van der Waals surface area (Å²) in [7, 11) is 0. The molecule has 0 aromatic carbocycles. The van der Waals surface area contributed by atoms with Gasteiger partial charge in [-0.25, -0.2) is 4.68 Å². The number of aryl methyl sites for hydroxylation is 1. The van der Waals surface area contributed by atoms with E-state index < -0.39 is 0 Å². The molecule has 1 aliphatic carbocycles. The first-order chi connectivity index (χ1) is 11.7. The van der Waals surface area contributed by atoms with E-state index in [0.717, 1.165) is 24.4 Å². The van der Waals surface area contributed by atoms with Crippen molar-refractivity contribution >= 4 is 5.91 Å². The molecule has 0 radical (unpaired) electrons. The van der Waals surface area contributed by atoms with Gasteiger partial charge in [-0.05, 0) is 31.9 Å². The predicted octanol–water partition coefficient (Wildman–Crippen LogP) is 1.77. The van der Waals surface area contributed by atoms with Gasteiger partial charge in [0.15, 0.2) is 5.82 Å². The zero-order valence-electron chi connectivity index (χ0n) is 13.1. The molecule has 0 spiro atoms. The molecule has 122 valence electrons. The van der Waals surface area contributed by atoms with Gasteiger partial charge in [-0.2, -0.15) is 10.1 Å². The molecule has 1 N–H and O–H groups in total. The highest BCUT2D eigenvalue weighted by molar-refractivity contribution is 5.95. The second kappa shape index (κ2) is 5.88. The van der Waals surface area contributed by atoms with Crippen LogP contribution in [-0.4, -0.2) is 30.8 Å². The van der Waals surface area contributed by atoms with E-state index in [1.807, 2.05) is 12.1 Å². The van der Waals surface area contributed by atoms with Crippen LogP contribution in [0.25, 0.3) is 5.69 Å². The average Bonchev–Trinajstić information content (AvgIpc) is 3.22. The van der Waals surface area contributed by atoms with Crippen LogP contribution in [0.15, 0.2) is 35.2 Å². The number of carbonyl (C=O) groups excluding carboxylic acids is 1. The maximum Gasteiger partial charge on any atom is 0.255 e. The second-order valence-corrected chi connectivity index (χ2v) is 5.79. The Kier molecular flexibility index (Phi) is 3.56. The molecule has 0 atom stereocenters. The molecule has 0 aliphatic heterocycles. The zero-order valence-corrected chi connectivity index (χ0v) is 13.1. The molecule has 3 aromatic rings. The lowest BCUT2D eigenvalue weighted by Crippen LogP contribution is -2.23. The number of carbonyl (C=O) groups is 1. The molecule has 3 aromatic heterocycles. The van der Waals surface area contributed by atoms with E-state index in [1.54, 1.807) is 30.2 Å². The van der Waals surface area contributed by atoms with Gasteiger partial charge in [0.2, 0.25) is 5.89 Å². The first-order valence-electron chi connectivity index (χ1n) is 7.78. The summed E-state index contributed by atoms with van der Waals surface area (Å²) in [5.41, 5.74) is 1.94. The third kappa shape index (κ3) is 2.90. The van der Waals surface area contributed by atoms with Gasteiger partial charge >= 0.3 is 0 Å². The SMILES string of the molecule is Cc1nn(-c2cccnc2)cc1C(=O)NCc1nc(C2CC2)no1. The number of pyridine rings is 1. The van der Waals surface area contributed by atoms with E-state index in [0.29, 0.717) is 23.1 Å². The molecule has 0 bridgehead atoms. The Hall–Kier alpha value is -3.03. The van der Waals surface area contributed by atoms with Crippen molar-refractivity contribution in [2.24, 2.45) is 0 Å². The molecule has 0 saturated heterocycles. The van der Waals surface area contributed by atoms with E-state index >= 15 is 0 Å². The van der Waals surface area contributed by atoms with Crippen LogP contribution in [0.4, 0.5) is 0 Å². The number of nitrogens with zero attached hydrogens (tertiary/aromatic N) is 5. The number of hydrogen-bond acceptors (Lipinski definition) is 6. The van der Waals surface area contributed by atoms with E-state index in [4.69, 9.17) is 4.52 Å². The quantitative estimate of drug-likeness (QED) is 0.768.